The summed E-state index contributed by atoms with van der Waals surface area (Å²) in [6.45, 7) is 13.1. The molecule has 1 aliphatic carbocycles. The Labute approximate surface area is 451 Å². The molecule has 4 aliphatic rings. The van der Waals surface area contributed by atoms with Gasteiger partial charge in [0.15, 0.2) is 5.67 Å². The molecule has 0 bridgehead atoms. The summed E-state index contributed by atoms with van der Waals surface area (Å²) in [5.41, 5.74) is 8.05. The molecule has 404 valence electrons. The van der Waals surface area contributed by atoms with Crippen molar-refractivity contribution in [2.75, 3.05) is 56.1 Å². The van der Waals surface area contributed by atoms with E-state index in [4.69, 9.17) is 22.1 Å². The number of halogens is 2. The van der Waals surface area contributed by atoms with Crippen molar-refractivity contribution in [3.8, 4) is 16.2 Å². The first-order valence-corrected chi connectivity index (χ1v) is 28.0. The number of nitrogens with two attached hydrogens (primary N) is 1. The summed E-state index contributed by atoms with van der Waals surface area (Å²) in [6.07, 6.45) is 7.16. The predicted octanol–water partition coefficient (Wildman–Crippen LogP) is 7.32. The molecule has 5 heterocycles. The van der Waals surface area contributed by atoms with Crippen molar-refractivity contribution in [2.45, 2.75) is 139 Å². The third-order valence-corrected chi connectivity index (χ3v) is 17.4. The standard InChI is InChI=1S/C54H70ClFN10O7S2/c1-33-47(74-32-61-33)35-11-12-36(27-60-49(70)39-26-37(67)30-66(39)50(71)48(52(2,3)4)63-51(72)54(56)15-16-54)40(25-35)73-23-7-10-45(69)65-19-13-34(14-20-65)24-43(68)62-38-8-6-9-41(46(38)55)75-44-29-58-42(28-59-44)64-21-17-53(5,31-57)18-22-64/h6,8-9,11-12,25,28-29,32,34,37,39,48,67H,7,10,13-24,26-27,30-31,57H2,1-5H3,(H,60,70)(H,62,68)(H,63,72)/t37?,39?,48-/m1/s1. The molecule has 2 aromatic carbocycles. The number of likely N-dealkylation sites (tertiary alicyclic amines) is 2. The number of alkyl halides is 1. The molecule has 2 unspecified atom stereocenters. The molecule has 0 radical (unpaired) electrons. The summed E-state index contributed by atoms with van der Waals surface area (Å²) in [7, 11) is 0. The summed E-state index contributed by atoms with van der Waals surface area (Å²) >= 11 is 9.70. The topological polar surface area (TPSA) is 225 Å². The minimum absolute atomic E-state index is 0.00284. The van der Waals surface area contributed by atoms with E-state index in [0.29, 0.717) is 72.4 Å². The fraction of sp³-hybridized carbons (Fsp3) is 0.556. The van der Waals surface area contributed by atoms with Crippen LogP contribution in [0.25, 0.3) is 10.4 Å². The van der Waals surface area contributed by atoms with Crippen molar-refractivity contribution < 1.29 is 38.2 Å². The van der Waals surface area contributed by atoms with Crippen molar-refractivity contribution in [3.63, 3.8) is 0 Å². The minimum atomic E-state index is -1.99. The van der Waals surface area contributed by atoms with Crippen LogP contribution in [0.2, 0.25) is 5.02 Å². The van der Waals surface area contributed by atoms with Gasteiger partial charge in [0.1, 0.15) is 28.7 Å². The molecule has 17 nitrogen and oxygen atoms in total. The van der Waals surface area contributed by atoms with Gasteiger partial charge < -0.3 is 46.2 Å². The molecule has 21 heteroatoms. The summed E-state index contributed by atoms with van der Waals surface area (Å²) in [6, 6.07) is 9.05. The Morgan fingerprint density at radius 2 is 1.77 bits per heavy atom. The van der Waals surface area contributed by atoms with E-state index >= 15 is 0 Å². The number of hydrogen-bond donors (Lipinski definition) is 5. The maximum atomic E-state index is 14.7. The van der Waals surface area contributed by atoms with Crippen LogP contribution in [0, 0.1) is 23.7 Å². The van der Waals surface area contributed by atoms with E-state index in [1.165, 1.54) is 28.0 Å². The smallest absolute Gasteiger partial charge is 0.258 e. The van der Waals surface area contributed by atoms with E-state index in [9.17, 15) is 33.5 Å². The molecule has 5 amide bonds. The highest BCUT2D eigenvalue weighted by atomic mass is 35.5. The van der Waals surface area contributed by atoms with Gasteiger partial charge in [-0.25, -0.2) is 19.3 Å². The number of nitrogens with one attached hydrogen (secondary N) is 3. The zero-order valence-corrected chi connectivity index (χ0v) is 45.9. The van der Waals surface area contributed by atoms with Crippen LogP contribution in [0.1, 0.15) is 103 Å². The Kier molecular flexibility index (Phi) is 17.8. The van der Waals surface area contributed by atoms with Crippen LogP contribution in [0.15, 0.2) is 64.2 Å². The fourth-order valence-corrected chi connectivity index (χ4v) is 11.7. The highest BCUT2D eigenvalue weighted by molar-refractivity contribution is 7.99. The number of anilines is 2. The van der Waals surface area contributed by atoms with Gasteiger partial charge in [-0.15, -0.1) is 11.3 Å². The maximum absolute atomic E-state index is 14.7. The molecular weight excluding hydrogens is 1020 g/mol. The number of rotatable bonds is 19. The third-order valence-electron chi connectivity index (χ3n) is 15.0. The normalized spacial score (nSPS) is 19.8. The number of thiazole rings is 1. The highest BCUT2D eigenvalue weighted by Crippen LogP contribution is 2.41. The number of nitrogens with zero attached hydrogens (tertiary/aromatic N) is 6. The Balaban J connectivity index is 0.797. The number of aliphatic hydroxyl groups excluding tert-OH is 1. The number of benzene rings is 2. The number of carbonyl (C=O) groups excluding carboxylic acids is 5. The van der Waals surface area contributed by atoms with Gasteiger partial charge in [-0.2, -0.15) is 0 Å². The van der Waals surface area contributed by atoms with Crippen LogP contribution in [0.4, 0.5) is 15.9 Å². The number of aryl methyl sites for hydroxylation is 1. The minimum Gasteiger partial charge on any atom is -0.493 e. The predicted molar refractivity (Wildman–Crippen MR) is 288 cm³/mol. The molecule has 3 saturated heterocycles. The zero-order valence-electron chi connectivity index (χ0n) is 43.5. The lowest BCUT2D eigenvalue weighted by molar-refractivity contribution is -0.145. The third kappa shape index (κ3) is 14.0. The van der Waals surface area contributed by atoms with Crippen molar-refractivity contribution in [2.24, 2.45) is 22.5 Å². The quantitative estimate of drug-likeness (QED) is 0.0582. The SMILES string of the molecule is Cc1ncsc1-c1ccc(CNC(=O)C2CC(O)CN2C(=O)[C@@H](NC(=O)C2(F)CC2)C(C)(C)C)c(OCCCC(=O)N2CCC(CC(=O)Nc3cccc(Sc4cnc(N5CCC(C)(CN)CC5)cn4)c3Cl)CC2)c1. The van der Waals surface area contributed by atoms with Crippen LogP contribution in [0.3, 0.4) is 0 Å². The van der Waals surface area contributed by atoms with Gasteiger partial charge >= 0.3 is 0 Å². The molecule has 3 aliphatic heterocycles. The molecule has 6 N–H and O–H groups in total. The number of β-amino-alcohol motifs (C(OH)–C–C–N with tert-alkyl or cyclic N) is 1. The van der Waals surface area contributed by atoms with Crippen LogP contribution in [-0.4, -0.2) is 129 Å². The van der Waals surface area contributed by atoms with E-state index in [0.717, 1.165) is 52.8 Å². The Bertz CT molecular complexity index is 2700. The number of piperidine rings is 2. The summed E-state index contributed by atoms with van der Waals surface area (Å²) in [5, 5.41) is 20.3. The van der Waals surface area contributed by atoms with Gasteiger partial charge in [-0.3, -0.25) is 24.0 Å². The van der Waals surface area contributed by atoms with Gasteiger partial charge in [0.05, 0.1) is 51.9 Å². The second kappa shape index (κ2) is 23.9. The Morgan fingerprint density at radius 3 is 2.43 bits per heavy atom. The van der Waals surface area contributed by atoms with Gasteiger partial charge in [0.25, 0.3) is 5.91 Å². The van der Waals surface area contributed by atoms with E-state index in [1.54, 1.807) is 44.7 Å². The summed E-state index contributed by atoms with van der Waals surface area (Å²) < 4.78 is 21.0. The molecular formula is C54H70ClFN10O7S2. The first kappa shape index (κ1) is 55.8. The van der Waals surface area contributed by atoms with Crippen LogP contribution < -0.4 is 31.3 Å². The molecule has 0 spiro atoms. The first-order valence-electron chi connectivity index (χ1n) is 26.0. The molecule has 3 atom stereocenters. The molecule has 1 saturated carbocycles. The number of ether oxygens (including phenoxy) is 1. The number of amides is 5. The van der Waals surface area contributed by atoms with Crippen LogP contribution >= 0.6 is 34.7 Å². The number of aliphatic hydroxyl groups is 1. The van der Waals surface area contributed by atoms with Gasteiger partial charge in [0.2, 0.25) is 23.6 Å². The van der Waals surface area contributed by atoms with Crippen LogP contribution in [0.5, 0.6) is 5.75 Å². The van der Waals surface area contributed by atoms with Crippen molar-refractivity contribution in [3.05, 3.63) is 70.6 Å². The van der Waals surface area contributed by atoms with E-state index in [1.807, 2.05) is 42.2 Å². The zero-order chi connectivity index (χ0) is 53.7. The van der Waals surface area contributed by atoms with Crippen molar-refractivity contribution in [1.29, 1.82) is 0 Å². The van der Waals surface area contributed by atoms with E-state index in [2.05, 4.69) is 42.7 Å². The molecule has 2 aromatic heterocycles. The monoisotopic (exact) mass is 1090 g/mol. The second-order valence-electron chi connectivity index (χ2n) is 21.9. The largest absolute Gasteiger partial charge is 0.493 e. The molecule has 8 rings (SSSR count). The van der Waals surface area contributed by atoms with E-state index in [-0.39, 0.29) is 68.5 Å². The molecule has 4 aromatic rings. The summed E-state index contributed by atoms with van der Waals surface area (Å²) in [5.74, 6) is -0.581. The Hall–Kier alpha value is -5.41. The number of hydrogen-bond acceptors (Lipinski definition) is 14. The van der Waals surface area contributed by atoms with Crippen LogP contribution in [-0.2, 0) is 30.5 Å². The summed E-state index contributed by atoms with van der Waals surface area (Å²) in [4.78, 5) is 88.1. The lowest BCUT2D eigenvalue weighted by Crippen LogP contribution is -2.59. The lowest BCUT2D eigenvalue weighted by atomic mass is 9.80. The first-order chi connectivity index (χ1) is 35.7. The van der Waals surface area contributed by atoms with Gasteiger partial charge in [-0.05, 0) is 98.9 Å². The van der Waals surface area contributed by atoms with Gasteiger partial charge in [-0.1, -0.05) is 69.3 Å². The number of aromatic nitrogens is 3. The fourth-order valence-electron chi connectivity index (χ4n) is 9.79. The van der Waals surface area contributed by atoms with E-state index < -0.39 is 47.0 Å². The molecule has 75 heavy (non-hydrogen) atoms. The second-order valence-corrected chi connectivity index (χ2v) is 24.2. The van der Waals surface area contributed by atoms with Gasteiger partial charge in [0, 0.05) is 69.0 Å². The highest BCUT2D eigenvalue weighted by Gasteiger charge is 2.53. The average Bonchev–Trinajstić information content (AvgIpc) is 3.80. The van der Waals surface area contributed by atoms with Crippen molar-refractivity contribution in [1.82, 2.24) is 35.4 Å². The maximum Gasteiger partial charge on any atom is 0.258 e. The Morgan fingerprint density at radius 1 is 1.03 bits per heavy atom. The average molecular weight is 1090 g/mol. The van der Waals surface area contributed by atoms with Crippen molar-refractivity contribution >= 4 is 75.7 Å². The lowest BCUT2D eigenvalue weighted by Gasteiger charge is -2.39. The molecule has 4 fully saturated rings. The number of carbonyl (C=O) groups is 5.